The van der Waals surface area contributed by atoms with Crippen molar-refractivity contribution in [1.29, 1.82) is 0 Å². The number of carbonyl (C=O) groups excluding carboxylic acids is 1. The Morgan fingerprint density at radius 1 is 1.14 bits per heavy atom. The van der Waals surface area contributed by atoms with Crippen LogP contribution in [0.4, 0.5) is 4.79 Å². The Labute approximate surface area is 170 Å². The number of benzene rings is 2. The molecule has 0 spiro atoms. The van der Waals surface area contributed by atoms with Gasteiger partial charge in [0.05, 0.1) is 0 Å². The first-order chi connectivity index (χ1) is 14.3. The maximum Gasteiger partial charge on any atom is 0.317 e. The fourth-order valence-corrected chi connectivity index (χ4v) is 4.25. The lowest BCUT2D eigenvalue weighted by Crippen LogP contribution is -2.45. The Balaban J connectivity index is 1.18. The van der Waals surface area contributed by atoms with E-state index in [4.69, 9.17) is 4.52 Å². The van der Waals surface area contributed by atoms with Crippen LogP contribution in [0.25, 0.3) is 10.8 Å². The van der Waals surface area contributed by atoms with Crippen LogP contribution in [0, 0.1) is 5.92 Å². The van der Waals surface area contributed by atoms with Crippen molar-refractivity contribution in [1.82, 2.24) is 20.4 Å². The second-order valence-electron chi connectivity index (χ2n) is 8.28. The minimum Gasteiger partial charge on any atom is -0.339 e. The maximum absolute atomic E-state index is 12.8. The molecule has 1 atom stereocenters. The molecule has 1 saturated carbocycles. The summed E-state index contributed by atoms with van der Waals surface area (Å²) in [5.74, 6) is 2.46. The average Bonchev–Trinajstić information content (AvgIpc) is 3.51. The monoisotopic (exact) mass is 390 g/mol. The summed E-state index contributed by atoms with van der Waals surface area (Å²) >= 11 is 0. The molecule has 6 nitrogen and oxygen atoms in total. The number of hydrogen-bond donors (Lipinski definition) is 1. The van der Waals surface area contributed by atoms with Crippen molar-refractivity contribution in [2.75, 3.05) is 13.1 Å². The van der Waals surface area contributed by atoms with E-state index in [0.29, 0.717) is 18.4 Å². The lowest BCUT2D eigenvalue weighted by Gasteiger charge is -2.32. The highest BCUT2D eigenvalue weighted by molar-refractivity contribution is 5.86. The van der Waals surface area contributed by atoms with Crippen molar-refractivity contribution >= 4 is 16.8 Å². The van der Waals surface area contributed by atoms with Gasteiger partial charge < -0.3 is 14.7 Å². The van der Waals surface area contributed by atoms with Gasteiger partial charge in [-0.1, -0.05) is 47.6 Å². The summed E-state index contributed by atoms with van der Waals surface area (Å²) in [5, 5.41) is 9.60. The van der Waals surface area contributed by atoms with Crippen molar-refractivity contribution in [3.05, 3.63) is 59.7 Å². The predicted molar refractivity (Wildman–Crippen MR) is 110 cm³/mol. The predicted octanol–water partition coefficient (Wildman–Crippen LogP) is 4.26. The van der Waals surface area contributed by atoms with E-state index >= 15 is 0 Å². The van der Waals surface area contributed by atoms with Crippen molar-refractivity contribution in [2.24, 2.45) is 5.92 Å². The van der Waals surface area contributed by atoms with E-state index in [2.05, 4.69) is 39.7 Å². The van der Waals surface area contributed by atoms with E-state index < -0.39 is 0 Å². The van der Waals surface area contributed by atoms with Crippen LogP contribution >= 0.6 is 0 Å². The number of fused-ring (bicyclic) bond motifs is 1. The SMILES string of the molecule is O=C(NCc1cccc2ccccc12)N1CCCC(Cc2nc(C3CC3)no2)C1. The topological polar surface area (TPSA) is 71.3 Å². The van der Waals surface area contributed by atoms with E-state index in [0.717, 1.165) is 49.6 Å². The molecule has 1 aliphatic heterocycles. The van der Waals surface area contributed by atoms with Gasteiger partial charge in [-0.3, -0.25) is 0 Å². The molecule has 2 aromatic carbocycles. The summed E-state index contributed by atoms with van der Waals surface area (Å²) in [6.07, 6.45) is 5.21. The standard InChI is InChI=1S/C23H26N4O2/c28-23(24-14-19-8-3-7-17-6-1-2-9-20(17)19)27-12-4-5-16(15-27)13-21-25-22(26-29-21)18-10-11-18/h1-3,6-9,16,18H,4-5,10-15H2,(H,24,28). The molecule has 6 heteroatoms. The third-order valence-corrected chi connectivity index (χ3v) is 6.01. The number of aromatic nitrogens is 2. The molecule has 5 rings (SSSR count). The number of piperidine rings is 1. The van der Waals surface area contributed by atoms with Crippen LogP contribution in [0.15, 0.2) is 47.0 Å². The largest absolute Gasteiger partial charge is 0.339 e. The number of likely N-dealkylation sites (tertiary alicyclic amines) is 1. The van der Waals surface area contributed by atoms with Crippen LogP contribution in [0.2, 0.25) is 0 Å². The molecule has 2 amide bonds. The van der Waals surface area contributed by atoms with Crippen molar-refractivity contribution in [3.8, 4) is 0 Å². The minimum atomic E-state index is 0.00633. The van der Waals surface area contributed by atoms with Gasteiger partial charge in [0.25, 0.3) is 0 Å². The highest BCUT2D eigenvalue weighted by Crippen LogP contribution is 2.38. The van der Waals surface area contributed by atoms with Crippen LogP contribution < -0.4 is 5.32 Å². The molecule has 2 fully saturated rings. The lowest BCUT2D eigenvalue weighted by molar-refractivity contribution is 0.161. The Morgan fingerprint density at radius 2 is 2.00 bits per heavy atom. The Hall–Kier alpha value is -2.89. The van der Waals surface area contributed by atoms with Gasteiger partial charge in [0, 0.05) is 32.0 Å². The molecule has 1 saturated heterocycles. The van der Waals surface area contributed by atoms with Gasteiger partial charge >= 0.3 is 6.03 Å². The van der Waals surface area contributed by atoms with Crippen LogP contribution in [0.1, 0.15) is 48.9 Å². The Bertz CT molecular complexity index is 1010. The van der Waals surface area contributed by atoms with Crippen LogP contribution in [0.3, 0.4) is 0 Å². The first kappa shape index (κ1) is 18.2. The van der Waals surface area contributed by atoms with E-state index in [9.17, 15) is 4.79 Å². The summed E-state index contributed by atoms with van der Waals surface area (Å²) in [6, 6.07) is 14.5. The summed E-state index contributed by atoms with van der Waals surface area (Å²) in [7, 11) is 0. The second kappa shape index (κ2) is 7.85. The van der Waals surface area contributed by atoms with Crippen molar-refractivity contribution in [2.45, 2.75) is 44.6 Å². The third kappa shape index (κ3) is 4.11. The van der Waals surface area contributed by atoms with Crippen LogP contribution in [-0.2, 0) is 13.0 Å². The zero-order chi connectivity index (χ0) is 19.6. The highest BCUT2D eigenvalue weighted by Gasteiger charge is 2.30. The first-order valence-electron chi connectivity index (χ1n) is 10.6. The first-order valence-corrected chi connectivity index (χ1v) is 10.6. The summed E-state index contributed by atoms with van der Waals surface area (Å²) in [6.45, 7) is 2.08. The number of hydrogen-bond acceptors (Lipinski definition) is 4. The third-order valence-electron chi connectivity index (χ3n) is 6.01. The summed E-state index contributed by atoms with van der Waals surface area (Å²) < 4.78 is 5.43. The summed E-state index contributed by atoms with van der Waals surface area (Å²) in [5.41, 5.74) is 1.14. The molecule has 2 heterocycles. The molecule has 0 bridgehead atoms. The molecule has 0 radical (unpaired) electrons. The molecular formula is C23H26N4O2. The highest BCUT2D eigenvalue weighted by atomic mass is 16.5. The Morgan fingerprint density at radius 3 is 2.90 bits per heavy atom. The van der Waals surface area contributed by atoms with Gasteiger partial charge in [-0.05, 0) is 47.9 Å². The number of urea groups is 1. The van der Waals surface area contributed by atoms with Gasteiger partial charge in [-0.25, -0.2) is 4.79 Å². The molecule has 1 N–H and O–H groups in total. The summed E-state index contributed by atoms with van der Waals surface area (Å²) in [4.78, 5) is 19.2. The number of carbonyl (C=O) groups is 1. The molecule has 3 aromatic rings. The van der Waals surface area contributed by atoms with E-state index in [-0.39, 0.29) is 6.03 Å². The van der Waals surface area contributed by atoms with E-state index in [1.807, 2.05) is 23.1 Å². The molecule has 29 heavy (non-hydrogen) atoms. The molecule has 150 valence electrons. The van der Waals surface area contributed by atoms with Gasteiger partial charge in [-0.15, -0.1) is 0 Å². The molecule has 2 aliphatic rings. The minimum absolute atomic E-state index is 0.00633. The molecule has 1 aromatic heterocycles. The molecule has 1 aliphatic carbocycles. The van der Waals surface area contributed by atoms with Gasteiger partial charge in [0.2, 0.25) is 5.89 Å². The zero-order valence-corrected chi connectivity index (χ0v) is 16.5. The Kier molecular flexibility index (Phi) is 4.92. The molecule has 1 unspecified atom stereocenters. The number of nitrogens with one attached hydrogen (secondary N) is 1. The molecular weight excluding hydrogens is 364 g/mol. The van der Waals surface area contributed by atoms with Crippen molar-refractivity contribution < 1.29 is 9.32 Å². The fourth-order valence-electron chi connectivity index (χ4n) is 4.25. The van der Waals surface area contributed by atoms with E-state index in [1.165, 1.54) is 23.6 Å². The van der Waals surface area contributed by atoms with E-state index in [1.54, 1.807) is 0 Å². The quantitative estimate of drug-likeness (QED) is 0.706. The second-order valence-corrected chi connectivity index (χ2v) is 8.28. The van der Waals surface area contributed by atoms with Crippen LogP contribution in [-0.4, -0.2) is 34.2 Å². The average molecular weight is 390 g/mol. The zero-order valence-electron chi connectivity index (χ0n) is 16.5. The fraction of sp³-hybridized carbons (Fsp3) is 0.435. The number of rotatable bonds is 5. The van der Waals surface area contributed by atoms with Crippen molar-refractivity contribution in [3.63, 3.8) is 0 Å². The number of amides is 2. The van der Waals surface area contributed by atoms with Crippen LogP contribution in [0.5, 0.6) is 0 Å². The number of nitrogens with zero attached hydrogens (tertiary/aromatic N) is 3. The smallest absolute Gasteiger partial charge is 0.317 e. The van der Waals surface area contributed by atoms with Gasteiger partial charge in [-0.2, -0.15) is 4.98 Å². The van der Waals surface area contributed by atoms with Gasteiger partial charge in [0.15, 0.2) is 5.82 Å². The normalized spacial score (nSPS) is 19.4. The maximum atomic E-state index is 12.8. The lowest BCUT2D eigenvalue weighted by atomic mass is 9.95. The van der Waals surface area contributed by atoms with Gasteiger partial charge in [0.1, 0.15) is 0 Å².